The molecule has 0 radical (unpaired) electrons. The van der Waals surface area contributed by atoms with Gasteiger partial charge in [-0.1, -0.05) is 6.07 Å². The molecule has 0 aliphatic heterocycles. The lowest BCUT2D eigenvalue weighted by Crippen LogP contribution is -2.35. The molecule has 1 amide bonds. The van der Waals surface area contributed by atoms with Gasteiger partial charge in [-0.3, -0.25) is 4.79 Å². The van der Waals surface area contributed by atoms with Crippen molar-refractivity contribution in [3.05, 3.63) is 27.8 Å². The summed E-state index contributed by atoms with van der Waals surface area (Å²) in [6.45, 7) is 0.173. The minimum Gasteiger partial charge on any atom is -0.370 e. The van der Waals surface area contributed by atoms with Crippen LogP contribution in [0.3, 0.4) is 0 Å². The highest BCUT2D eigenvalue weighted by Crippen LogP contribution is 2.12. The average Bonchev–Trinajstić information content (AvgIpc) is 2.19. The molecule has 1 aromatic carbocycles. The number of hydrogen-bond donors (Lipinski definition) is 2. The largest absolute Gasteiger partial charge is 0.370 e. The van der Waals surface area contributed by atoms with Crippen LogP contribution in [0.25, 0.3) is 0 Å². The Morgan fingerprint density at radius 2 is 2.40 bits per heavy atom. The zero-order valence-electron chi connectivity index (χ0n) is 8.37. The van der Waals surface area contributed by atoms with Crippen LogP contribution in [0.2, 0.25) is 0 Å². The molecule has 1 rings (SSSR count). The van der Waals surface area contributed by atoms with Gasteiger partial charge >= 0.3 is 0 Å². The van der Waals surface area contributed by atoms with Crippen LogP contribution in [-0.2, 0) is 9.53 Å². The van der Waals surface area contributed by atoms with E-state index in [1.54, 1.807) is 0 Å². The minimum atomic E-state index is -0.595. The van der Waals surface area contributed by atoms with Gasteiger partial charge in [0.1, 0.15) is 6.10 Å². The van der Waals surface area contributed by atoms with E-state index in [-0.39, 0.29) is 12.5 Å². The normalized spacial score (nSPS) is 12.2. The third kappa shape index (κ3) is 3.77. The van der Waals surface area contributed by atoms with Gasteiger partial charge in [0, 0.05) is 22.9 Å². The molecule has 15 heavy (non-hydrogen) atoms. The molecule has 1 unspecified atom stereocenters. The Labute approximate surface area is 102 Å². The first-order chi connectivity index (χ1) is 7.17. The summed E-state index contributed by atoms with van der Waals surface area (Å²) in [6, 6.07) is 7.53. The fraction of sp³-hybridized carbons (Fsp3) is 0.300. The molecule has 4 nitrogen and oxygen atoms in total. The number of anilines is 1. The van der Waals surface area contributed by atoms with E-state index in [1.165, 1.54) is 7.11 Å². The highest BCUT2D eigenvalue weighted by molar-refractivity contribution is 14.1. The van der Waals surface area contributed by atoms with E-state index in [9.17, 15) is 4.79 Å². The third-order valence-corrected chi connectivity index (χ3v) is 2.55. The maximum atomic E-state index is 11.6. The van der Waals surface area contributed by atoms with Crippen molar-refractivity contribution in [2.24, 2.45) is 5.73 Å². The lowest BCUT2D eigenvalue weighted by atomic mass is 10.3. The van der Waals surface area contributed by atoms with Crippen molar-refractivity contribution in [1.82, 2.24) is 0 Å². The zero-order valence-corrected chi connectivity index (χ0v) is 10.5. The maximum Gasteiger partial charge on any atom is 0.254 e. The summed E-state index contributed by atoms with van der Waals surface area (Å²) in [7, 11) is 1.46. The number of carbonyl (C=O) groups excluding carboxylic acids is 1. The van der Waals surface area contributed by atoms with Crippen LogP contribution in [0, 0.1) is 3.57 Å². The number of benzene rings is 1. The standard InChI is InChI=1S/C10H13IN2O2/c1-15-9(6-12)10(14)13-8-4-2-3-7(11)5-8/h2-5,9H,6,12H2,1H3,(H,13,14). The third-order valence-electron chi connectivity index (χ3n) is 1.88. The van der Waals surface area contributed by atoms with Gasteiger partial charge in [0.05, 0.1) is 0 Å². The lowest BCUT2D eigenvalue weighted by molar-refractivity contribution is -0.125. The van der Waals surface area contributed by atoms with Gasteiger partial charge in [0.2, 0.25) is 0 Å². The van der Waals surface area contributed by atoms with Crippen molar-refractivity contribution in [2.45, 2.75) is 6.10 Å². The zero-order chi connectivity index (χ0) is 11.3. The molecule has 1 atom stereocenters. The molecule has 0 saturated heterocycles. The van der Waals surface area contributed by atoms with E-state index < -0.39 is 6.10 Å². The van der Waals surface area contributed by atoms with Gasteiger partial charge in [-0.25, -0.2) is 0 Å². The number of carbonyl (C=O) groups is 1. The molecule has 0 spiro atoms. The second-order valence-electron chi connectivity index (χ2n) is 2.96. The summed E-state index contributed by atoms with van der Waals surface area (Å²) >= 11 is 2.18. The van der Waals surface area contributed by atoms with E-state index >= 15 is 0 Å². The van der Waals surface area contributed by atoms with E-state index in [2.05, 4.69) is 27.9 Å². The van der Waals surface area contributed by atoms with Crippen LogP contribution >= 0.6 is 22.6 Å². The number of amides is 1. The fourth-order valence-electron chi connectivity index (χ4n) is 1.10. The van der Waals surface area contributed by atoms with E-state index in [1.807, 2.05) is 24.3 Å². The molecule has 0 heterocycles. The average molecular weight is 320 g/mol. The first-order valence-corrected chi connectivity index (χ1v) is 5.54. The number of nitrogens with two attached hydrogens (primary N) is 1. The SMILES string of the molecule is COC(CN)C(=O)Nc1cccc(I)c1. The maximum absolute atomic E-state index is 11.6. The predicted octanol–water partition coefficient (Wildman–Crippen LogP) is 1.20. The van der Waals surface area contributed by atoms with Crippen LogP contribution in [0.4, 0.5) is 5.69 Å². The van der Waals surface area contributed by atoms with Crippen LogP contribution in [0.5, 0.6) is 0 Å². The molecular formula is C10H13IN2O2. The fourth-order valence-corrected chi connectivity index (χ4v) is 1.64. The van der Waals surface area contributed by atoms with Crippen LogP contribution in [0.1, 0.15) is 0 Å². The number of halogens is 1. The summed E-state index contributed by atoms with van der Waals surface area (Å²) in [5, 5.41) is 2.74. The molecule has 0 aliphatic rings. The van der Waals surface area contributed by atoms with Gasteiger partial charge < -0.3 is 15.8 Å². The summed E-state index contributed by atoms with van der Waals surface area (Å²) in [5.41, 5.74) is 6.13. The summed E-state index contributed by atoms with van der Waals surface area (Å²) in [5.74, 6) is -0.220. The van der Waals surface area contributed by atoms with E-state index in [0.717, 1.165) is 9.26 Å². The van der Waals surface area contributed by atoms with Crippen molar-refractivity contribution < 1.29 is 9.53 Å². The summed E-state index contributed by atoms with van der Waals surface area (Å²) < 4.78 is 5.99. The first kappa shape index (κ1) is 12.4. The van der Waals surface area contributed by atoms with Crippen molar-refractivity contribution in [1.29, 1.82) is 0 Å². The molecule has 0 aromatic heterocycles. The highest BCUT2D eigenvalue weighted by atomic mass is 127. The van der Waals surface area contributed by atoms with Crippen LogP contribution < -0.4 is 11.1 Å². The lowest BCUT2D eigenvalue weighted by Gasteiger charge is -2.12. The van der Waals surface area contributed by atoms with Crippen molar-refractivity contribution in [3.8, 4) is 0 Å². The van der Waals surface area contributed by atoms with Crippen molar-refractivity contribution in [3.63, 3.8) is 0 Å². The van der Waals surface area contributed by atoms with E-state index in [4.69, 9.17) is 10.5 Å². The smallest absolute Gasteiger partial charge is 0.254 e. The molecule has 0 bridgehead atoms. The van der Waals surface area contributed by atoms with Gasteiger partial charge in [-0.2, -0.15) is 0 Å². The summed E-state index contributed by atoms with van der Waals surface area (Å²) in [4.78, 5) is 11.6. The Morgan fingerprint density at radius 3 is 2.93 bits per heavy atom. The van der Waals surface area contributed by atoms with Gasteiger partial charge in [0.15, 0.2) is 0 Å². The molecule has 5 heteroatoms. The van der Waals surface area contributed by atoms with Gasteiger partial charge in [-0.15, -0.1) is 0 Å². The molecular weight excluding hydrogens is 307 g/mol. The Balaban J connectivity index is 2.65. The number of ether oxygens (including phenoxy) is 1. The van der Waals surface area contributed by atoms with Gasteiger partial charge in [0.25, 0.3) is 5.91 Å². The number of methoxy groups -OCH3 is 1. The number of hydrogen-bond acceptors (Lipinski definition) is 3. The molecule has 0 fully saturated rings. The second kappa shape index (κ2) is 6.04. The minimum absolute atomic E-state index is 0.173. The van der Waals surface area contributed by atoms with Gasteiger partial charge in [-0.05, 0) is 40.8 Å². The van der Waals surface area contributed by atoms with Crippen LogP contribution in [0.15, 0.2) is 24.3 Å². The predicted molar refractivity (Wildman–Crippen MR) is 67.6 cm³/mol. The molecule has 0 saturated carbocycles. The quantitative estimate of drug-likeness (QED) is 0.820. The molecule has 3 N–H and O–H groups in total. The molecule has 82 valence electrons. The van der Waals surface area contributed by atoms with E-state index in [0.29, 0.717) is 0 Å². The van der Waals surface area contributed by atoms with Crippen molar-refractivity contribution >= 4 is 34.2 Å². The Kier molecular flexibility index (Phi) is 5.00. The van der Waals surface area contributed by atoms with Crippen LogP contribution in [-0.4, -0.2) is 25.7 Å². The Hall–Kier alpha value is -0.660. The summed E-state index contributed by atoms with van der Waals surface area (Å²) in [6.07, 6.45) is -0.595. The first-order valence-electron chi connectivity index (χ1n) is 4.46. The number of nitrogens with one attached hydrogen (secondary N) is 1. The number of rotatable bonds is 4. The highest BCUT2D eigenvalue weighted by Gasteiger charge is 2.15. The van der Waals surface area contributed by atoms with Crippen molar-refractivity contribution in [2.75, 3.05) is 19.0 Å². The molecule has 0 aliphatic carbocycles. The second-order valence-corrected chi connectivity index (χ2v) is 4.21. The Morgan fingerprint density at radius 1 is 1.67 bits per heavy atom. The Bertz CT molecular complexity index is 340. The molecule has 1 aromatic rings. The topological polar surface area (TPSA) is 64.3 Å². The monoisotopic (exact) mass is 320 g/mol.